The van der Waals surface area contributed by atoms with Gasteiger partial charge in [0, 0.05) is 77.9 Å². The fourth-order valence-corrected chi connectivity index (χ4v) is 23.0. The summed E-state index contributed by atoms with van der Waals surface area (Å²) in [7, 11) is 0. The Morgan fingerprint density at radius 1 is 0.135 bits per heavy atom. The van der Waals surface area contributed by atoms with E-state index in [4.69, 9.17) is 0 Å². The number of benzene rings is 23. The number of fused-ring (bicyclic) bond motifs is 12. The molecule has 0 saturated heterocycles. The van der Waals surface area contributed by atoms with Crippen LogP contribution in [0, 0.1) is 0 Å². The molecule has 0 amide bonds. The first-order chi connectivity index (χ1) is 72.8. The van der Waals surface area contributed by atoms with Gasteiger partial charge in [0.15, 0.2) is 0 Å². The normalized spacial score (nSPS) is 12.4. The lowest BCUT2D eigenvalue weighted by atomic mass is 9.81. The van der Waals surface area contributed by atoms with Gasteiger partial charge in [0.05, 0.1) is 22.1 Å². The highest BCUT2D eigenvalue weighted by Gasteiger charge is 2.37. The Balaban J connectivity index is 0.000000150. The average molecular weight is 1890 g/mol. The lowest BCUT2D eigenvalue weighted by Crippen LogP contribution is -2.14. The van der Waals surface area contributed by atoms with Crippen molar-refractivity contribution in [2.45, 2.75) is 38.5 Å². The summed E-state index contributed by atoms with van der Waals surface area (Å²) in [5.74, 6) is 0. The van der Waals surface area contributed by atoms with E-state index in [2.05, 4.69) is 605 Å². The molecule has 2 aromatic heterocycles. The zero-order chi connectivity index (χ0) is 98.9. The minimum absolute atomic E-state index is 0.0443. The Morgan fingerprint density at radius 3 is 0.588 bits per heavy atom. The van der Waals surface area contributed by atoms with Gasteiger partial charge >= 0.3 is 0 Å². The van der Waals surface area contributed by atoms with Crippen LogP contribution in [0.15, 0.2) is 558 Å². The van der Waals surface area contributed by atoms with E-state index in [1.807, 2.05) is 0 Å². The Morgan fingerprint density at radius 2 is 0.318 bits per heavy atom. The van der Waals surface area contributed by atoms with Gasteiger partial charge in [-0.2, -0.15) is 0 Å². The zero-order valence-corrected chi connectivity index (χ0v) is 82.9. The Kier molecular flexibility index (Phi) is 22.7. The van der Waals surface area contributed by atoms with E-state index >= 15 is 0 Å². The molecule has 0 saturated carbocycles. The second-order valence-electron chi connectivity index (χ2n) is 40.3. The molecule has 0 atom stereocenters. The van der Waals surface area contributed by atoms with E-state index in [1.165, 1.54) is 222 Å². The van der Waals surface area contributed by atoms with Gasteiger partial charge < -0.3 is 18.9 Å². The second-order valence-corrected chi connectivity index (χ2v) is 40.3. The third-order valence-corrected chi connectivity index (χ3v) is 30.9. The summed E-state index contributed by atoms with van der Waals surface area (Å²) in [6.45, 7) is 9.39. The number of para-hydroxylation sites is 4. The zero-order valence-electron chi connectivity index (χ0n) is 82.9. The molecular formula is C144H104N4. The predicted molar refractivity (Wildman–Crippen MR) is 626 cm³/mol. The number of nitrogens with zero attached hydrogens (tertiary/aromatic N) is 4. The summed E-state index contributed by atoms with van der Waals surface area (Å²) >= 11 is 0. The smallest absolute Gasteiger partial charge is 0.0541 e. The summed E-state index contributed by atoms with van der Waals surface area (Å²) in [6, 6.07) is 204. The Hall–Kier alpha value is -18.7. The molecule has 0 unspecified atom stereocenters. The van der Waals surface area contributed by atoms with Crippen LogP contribution >= 0.6 is 0 Å². The van der Waals surface area contributed by atoms with E-state index in [0.29, 0.717) is 0 Å². The molecule has 0 N–H and O–H groups in total. The standard InChI is InChI=1S/C75H54N2.C69H50N2/c1-75(2)71-19-11-9-17-67(71)68-47-39-62(50-72(68)75)60-37-45-66(46-38-60)76(64-41-33-57(34-42-64)51-13-5-3-6-14-51)65-43-35-58(36-44-65)56-27-25-53(26-28-56)52-21-23-54(24-22-52)55-29-31-59(32-30-55)61-40-48-74-70(49-61)69-18-10-12-20-73(69)77(74)63-15-7-4-8-16-63;1-69(2)65-19-11-9-17-61(65)62-43-35-56(46-66(62)69)54-33-41-60(42-34-54)70(58-37-29-51(30-38-58)47-13-5-3-6-14-47)59-39-31-52(32-40-59)50-23-21-48(22-24-50)49-25-27-53(28-26-49)55-36-44-68-64(45-55)63-18-10-12-20-67(63)71(68)57-15-7-4-8-16-57/h3-50H,1-2H3;3-46H,1-2H3. The van der Waals surface area contributed by atoms with Gasteiger partial charge in [0.1, 0.15) is 0 Å². The van der Waals surface area contributed by atoms with E-state index in [9.17, 15) is 0 Å². The molecule has 700 valence electrons. The topological polar surface area (TPSA) is 16.3 Å². The van der Waals surface area contributed by atoms with Gasteiger partial charge in [-0.1, -0.05) is 440 Å². The molecule has 0 bridgehead atoms. The molecule has 23 aromatic carbocycles. The van der Waals surface area contributed by atoms with E-state index in [0.717, 1.165) is 34.1 Å². The lowest BCUT2D eigenvalue weighted by Gasteiger charge is -2.26. The highest BCUT2D eigenvalue weighted by atomic mass is 15.1. The van der Waals surface area contributed by atoms with E-state index in [1.54, 1.807) is 0 Å². The van der Waals surface area contributed by atoms with Crippen molar-refractivity contribution >= 4 is 77.7 Å². The largest absolute Gasteiger partial charge is 0.311 e. The number of rotatable bonds is 19. The van der Waals surface area contributed by atoms with Gasteiger partial charge in [-0.05, 0) is 312 Å². The van der Waals surface area contributed by atoms with Gasteiger partial charge in [0.25, 0.3) is 0 Å². The molecule has 0 radical (unpaired) electrons. The van der Waals surface area contributed by atoms with Crippen LogP contribution in [0.3, 0.4) is 0 Å². The molecule has 2 aliphatic carbocycles. The van der Waals surface area contributed by atoms with E-state index in [-0.39, 0.29) is 10.8 Å². The van der Waals surface area contributed by atoms with Crippen molar-refractivity contribution in [1.82, 2.24) is 9.13 Å². The lowest BCUT2D eigenvalue weighted by molar-refractivity contribution is 0.660. The van der Waals surface area contributed by atoms with Crippen LogP contribution in [0.25, 0.3) is 200 Å². The van der Waals surface area contributed by atoms with Crippen molar-refractivity contribution < 1.29 is 0 Å². The maximum absolute atomic E-state index is 2.40. The summed E-state index contributed by atoms with van der Waals surface area (Å²) in [4.78, 5) is 4.72. The fraction of sp³-hybridized carbons (Fsp3) is 0.0417. The van der Waals surface area contributed by atoms with Crippen LogP contribution in [-0.4, -0.2) is 9.13 Å². The third kappa shape index (κ3) is 16.4. The van der Waals surface area contributed by atoms with Crippen molar-refractivity contribution in [3.05, 3.63) is 580 Å². The highest BCUT2D eigenvalue weighted by Crippen LogP contribution is 2.53. The Bertz CT molecular complexity index is 9230. The summed E-state index contributed by atoms with van der Waals surface area (Å²) in [5, 5.41) is 5.05. The van der Waals surface area contributed by atoms with Crippen LogP contribution < -0.4 is 9.80 Å². The van der Waals surface area contributed by atoms with Crippen LogP contribution in [0.4, 0.5) is 34.1 Å². The number of aromatic nitrogens is 2. The molecule has 2 heterocycles. The number of anilines is 6. The minimum Gasteiger partial charge on any atom is -0.311 e. The molecule has 0 fully saturated rings. The van der Waals surface area contributed by atoms with Crippen LogP contribution in [0.5, 0.6) is 0 Å². The first-order valence-electron chi connectivity index (χ1n) is 51.4. The van der Waals surface area contributed by atoms with Gasteiger partial charge in [-0.3, -0.25) is 0 Å². The fourth-order valence-electron chi connectivity index (χ4n) is 23.0. The first kappa shape index (κ1) is 89.4. The quantitative estimate of drug-likeness (QED) is 0.0802. The molecule has 25 aromatic rings. The maximum Gasteiger partial charge on any atom is 0.0541 e. The molecule has 27 rings (SSSR count). The van der Waals surface area contributed by atoms with Crippen LogP contribution in [0.1, 0.15) is 49.9 Å². The predicted octanol–water partition coefficient (Wildman–Crippen LogP) is 39.5. The third-order valence-electron chi connectivity index (χ3n) is 30.9. The summed E-state index contributed by atoms with van der Waals surface area (Å²) in [5.41, 5.74) is 51.1. The van der Waals surface area contributed by atoms with Gasteiger partial charge in [-0.15, -0.1) is 0 Å². The molecule has 4 heteroatoms. The highest BCUT2D eigenvalue weighted by molar-refractivity contribution is 6.12. The van der Waals surface area contributed by atoms with Crippen LogP contribution in [0.2, 0.25) is 0 Å². The molecule has 0 spiro atoms. The maximum atomic E-state index is 2.40. The summed E-state index contributed by atoms with van der Waals surface area (Å²) in [6.07, 6.45) is 0. The minimum atomic E-state index is -0.0468. The molecule has 2 aliphatic rings. The van der Waals surface area contributed by atoms with Crippen molar-refractivity contribution in [3.63, 3.8) is 0 Å². The van der Waals surface area contributed by atoms with Crippen molar-refractivity contribution in [3.8, 4) is 156 Å². The average Bonchev–Trinajstić information content (AvgIpc) is 1.58. The van der Waals surface area contributed by atoms with Gasteiger partial charge in [-0.25, -0.2) is 0 Å². The molecule has 0 aliphatic heterocycles. The summed E-state index contributed by atoms with van der Waals surface area (Å²) < 4.78 is 4.73. The number of hydrogen-bond donors (Lipinski definition) is 0. The number of hydrogen-bond acceptors (Lipinski definition) is 2. The SMILES string of the molecule is CC1(C)c2ccccc2-c2ccc(-c3ccc(N(c4ccc(-c5ccccc5)cc4)c4ccc(-c5ccc(-c6ccc(-c7ccc(-c8ccc9c(c8)c8ccccc8n9-c8ccccc8)cc7)cc6)cc5)cc4)cc3)cc21.CC1(C)c2ccccc2-c2ccc(-c3ccc(N(c4ccc(-c5ccccc5)cc4)c4ccc(-c5ccc(-c6ccc(-c7ccc8c(c7)c7ccccc7n8-c7ccccc7)cc6)cc5)cc4)cc3)cc21. The van der Waals surface area contributed by atoms with Crippen LogP contribution in [-0.2, 0) is 10.8 Å². The molecular weight excluding hydrogens is 1790 g/mol. The van der Waals surface area contributed by atoms with E-state index < -0.39 is 0 Å². The van der Waals surface area contributed by atoms with Gasteiger partial charge in [0.2, 0.25) is 0 Å². The second kappa shape index (κ2) is 37.5. The van der Waals surface area contributed by atoms with Crippen molar-refractivity contribution in [1.29, 1.82) is 0 Å². The van der Waals surface area contributed by atoms with Crippen molar-refractivity contribution in [2.75, 3.05) is 9.80 Å². The first-order valence-corrected chi connectivity index (χ1v) is 51.4. The molecule has 4 nitrogen and oxygen atoms in total. The Labute approximate surface area is 865 Å². The van der Waals surface area contributed by atoms with Crippen molar-refractivity contribution in [2.24, 2.45) is 0 Å². The molecule has 148 heavy (non-hydrogen) atoms. The monoisotopic (exact) mass is 1890 g/mol.